The zero-order valence-corrected chi connectivity index (χ0v) is 18.5. The molecule has 7 rings (SSSR count). The highest BCUT2D eigenvalue weighted by atomic mass is 19.4. The summed E-state index contributed by atoms with van der Waals surface area (Å²) in [5, 5.41) is 10.9. The second-order valence-corrected chi connectivity index (χ2v) is 10.6. The third kappa shape index (κ3) is 3.34. The number of rotatable bonds is 5. The fourth-order valence-corrected chi connectivity index (χ4v) is 6.17. The van der Waals surface area contributed by atoms with E-state index in [0.717, 1.165) is 38.2 Å². The van der Waals surface area contributed by atoms with Gasteiger partial charge in [0.15, 0.2) is 0 Å². The maximum atomic E-state index is 13.6. The van der Waals surface area contributed by atoms with Gasteiger partial charge in [0.05, 0.1) is 16.8 Å². The molecule has 0 aromatic carbocycles. The molecule has 11 heteroatoms. The Bertz CT molecular complexity index is 1110. The summed E-state index contributed by atoms with van der Waals surface area (Å²) in [5.74, 6) is -2.64. The van der Waals surface area contributed by atoms with Gasteiger partial charge in [0, 0.05) is 49.4 Å². The van der Waals surface area contributed by atoms with Crippen LogP contribution in [-0.4, -0.2) is 49.1 Å². The van der Waals surface area contributed by atoms with Gasteiger partial charge in [-0.1, -0.05) is 0 Å². The molecule has 184 valence electrons. The number of aliphatic hydroxyl groups excluding tert-OH is 1. The number of hydrogen-bond acceptors (Lipinski definition) is 5. The maximum Gasteiger partial charge on any atom is 0.419 e. The van der Waals surface area contributed by atoms with E-state index < -0.39 is 29.6 Å². The number of halogens is 5. The largest absolute Gasteiger partial charge is 0.419 e. The molecule has 4 aliphatic carbocycles. The molecule has 5 fully saturated rings. The lowest BCUT2D eigenvalue weighted by Gasteiger charge is -2.75. The van der Waals surface area contributed by atoms with Crippen LogP contribution in [0.5, 0.6) is 0 Å². The third-order valence-electron chi connectivity index (χ3n) is 8.24. The number of nitrogens with zero attached hydrogens (tertiary/aromatic N) is 4. The van der Waals surface area contributed by atoms with Crippen LogP contribution < -0.4 is 5.73 Å². The van der Waals surface area contributed by atoms with Gasteiger partial charge in [0.25, 0.3) is 5.92 Å². The minimum atomic E-state index is -4.64. The average Bonchev–Trinajstić information content (AvgIpc) is 3.46. The molecule has 34 heavy (non-hydrogen) atoms. The summed E-state index contributed by atoms with van der Waals surface area (Å²) in [7, 11) is 0. The van der Waals surface area contributed by atoms with E-state index in [-0.39, 0.29) is 35.4 Å². The van der Waals surface area contributed by atoms with E-state index in [0.29, 0.717) is 24.6 Å². The quantitative estimate of drug-likeness (QED) is 0.618. The van der Waals surface area contributed by atoms with Crippen molar-refractivity contribution in [3.63, 3.8) is 0 Å². The van der Waals surface area contributed by atoms with Crippen LogP contribution in [0.1, 0.15) is 62.4 Å². The van der Waals surface area contributed by atoms with Crippen LogP contribution in [0.4, 0.5) is 27.8 Å². The van der Waals surface area contributed by atoms with Crippen molar-refractivity contribution in [1.82, 2.24) is 19.4 Å². The van der Waals surface area contributed by atoms with Gasteiger partial charge in [-0.15, -0.1) is 0 Å². The van der Waals surface area contributed by atoms with Crippen LogP contribution in [-0.2, 0) is 11.7 Å². The lowest BCUT2D eigenvalue weighted by molar-refractivity contribution is -0.224. The minimum Gasteiger partial charge on any atom is -0.385 e. The Morgan fingerprint density at radius 1 is 1.09 bits per heavy atom. The Morgan fingerprint density at radius 3 is 2.32 bits per heavy atom. The number of piperidine rings is 1. The van der Waals surface area contributed by atoms with Crippen LogP contribution in [0.15, 0.2) is 18.5 Å². The van der Waals surface area contributed by atoms with Crippen molar-refractivity contribution >= 4 is 5.82 Å². The molecule has 2 bridgehead atoms. The fourth-order valence-electron chi connectivity index (χ4n) is 6.17. The minimum absolute atomic E-state index is 0.0925. The van der Waals surface area contributed by atoms with Gasteiger partial charge >= 0.3 is 6.18 Å². The molecule has 1 atom stereocenters. The molecule has 0 amide bonds. The molecule has 6 nitrogen and oxygen atoms in total. The highest BCUT2D eigenvalue weighted by molar-refractivity contribution is 5.62. The summed E-state index contributed by atoms with van der Waals surface area (Å²) >= 11 is 0. The molecule has 5 aliphatic rings. The zero-order chi connectivity index (χ0) is 24.1. The lowest BCUT2D eigenvalue weighted by atomic mass is 9.43. The number of nitrogen functional groups attached to an aromatic ring is 1. The Balaban J connectivity index is 1.30. The predicted octanol–water partition coefficient (Wildman–Crippen LogP) is 4.35. The number of imidazole rings is 1. The lowest BCUT2D eigenvalue weighted by Crippen LogP contribution is -2.79. The summed E-state index contributed by atoms with van der Waals surface area (Å²) in [6.45, 7) is 0.736. The molecule has 0 unspecified atom stereocenters. The number of alkyl halides is 5. The topological polar surface area (TPSA) is 80.2 Å². The van der Waals surface area contributed by atoms with E-state index in [1.165, 1.54) is 6.20 Å². The summed E-state index contributed by atoms with van der Waals surface area (Å²) in [5.41, 5.74) is 4.53. The van der Waals surface area contributed by atoms with Crippen molar-refractivity contribution < 1.29 is 27.1 Å². The van der Waals surface area contributed by atoms with E-state index in [9.17, 15) is 27.1 Å². The Labute approximate surface area is 193 Å². The number of likely N-dealkylation sites (tertiary alicyclic amines) is 1. The van der Waals surface area contributed by atoms with E-state index in [4.69, 9.17) is 5.73 Å². The van der Waals surface area contributed by atoms with E-state index >= 15 is 0 Å². The molecule has 4 saturated carbocycles. The van der Waals surface area contributed by atoms with Crippen molar-refractivity contribution in [2.24, 2.45) is 5.92 Å². The first-order valence-electron chi connectivity index (χ1n) is 11.7. The van der Waals surface area contributed by atoms with Crippen molar-refractivity contribution in [2.75, 3.05) is 18.8 Å². The molecular formula is C23H26F5N5O. The molecule has 1 aliphatic heterocycles. The molecule has 2 aromatic heterocycles. The van der Waals surface area contributed by atoms with Crippen molar-refractivity contribution in [3.8, 4) is 11.3 Å². The summed E-state index contributed by atoms with van der Waals surface area (Å²) in [4.78, 5) is 10.5. The van der Waals surface area contributed by atoms with Gasteiger partial charge in [0.1, 0.15) is 17.7 Å². The van der Waals surface area contributed by atoms with Crippen LogP contribution in [0.3, 0.4) is 0 Å². The molecular weight excluding hydrogens is 457 g/mol. The van der Waals surface area contributed by atoms with Crippen LogP contribution >= 0.6 is 0 Å². The number of aliphatic hydroxyl groups is 1. The van der Waals surface area contributed by atoms with Gasteiger partial charge < -0.3 is 15.4 Å². The first kappa shape index (κ1) is 22.2. The van der Waals surface area contributed by atoms with Gasteiger partial charge in [-0.2, -0.15) is 13.2 Å². The van der Waals surface area contributed by atoms with Gasteiger partial charge in [-0.05, 0) is 44.1 Å². The van der Waals surface area contributed by atoms with Gasteiger partial charge in [-0.25, -0.2) is 18.7 Å². The Kier molecular flexibility index (Phi) is 4.51. The first-order chi connectivity index (χ1) is 15.9. The maximum absolute atomic E-state index is 13.6. The number of anilines is 1. The predicted molar refractivity (Wildman–Crippen MR) is 113 cm³/mol. The highest BCUT2D eigenvalue weighted by Gasteiger charge is 2.72. The summed E-state index contributed by atoms with van der Waals surface area (Å²) < 4.78 is 69.2. The highest BCUT2D eigenvalue weighted by Crippen LogP contribution is 2.69. The molecule has 0 spiro atoms. The summed E-state index contributed by atoms with van der Waals surface area (Å²) in [6, 6.07) is 0.944. The Hall–Kier alpha value is -2.27. The fraction of sp³-hybridized carbons (Fsp3) is 0.652. The number of hydrogen-bond donors (Lipinski definition) is 2. The number of nitrogens with two attached hydrogens (primary N) is 1. The molecule has 0 radical (unpaired) electrons. The average molecular weight is 483 g/mol. The smallest absolute Gasteiger partial charge is 0.385 e. The second-order valence-electron chi connectivity index (χ2n) is 10.6. The molecule has 3 heterocycles. The first-order valence-corrected chi connectivity index (χ1v) is 11.7. The number of aromatic nitrogens is 3. The van der Waals surface area contributed by atoms with E-state index in [1.807, 2.05) is 4.57 Å². The van der Waals surface area contributed by atoms with Crippen LogP contribution in [0.25, 0.3) is 11.3 Å². The van der Waals surface area contributed by atoms with E-state index in [1.54, 1.807) is 6.20 Å². The Morgan fingerprint density at radius 2 is 1.74 bits per heavy atom. The molecule has 3 N–H and O–H groups in total. The molecule has 1 saturated heterocycles. The van der Waals surface area contributed by atoms with E-state index in [2.05, 4.69) is 14.9 Å². The van der Waals surface area contributed by atoms with Crippen molar-refractivity contribution in [2.45, 2.75) is 74.2 Å². The van der Waals surface area contributed by atoms with Crippen molar-refractivity contribution in [3.05, 3.63) is 29.8 Å². The SMILES string of the molecule is Nc1ncc(-c2cn(C34CC(N5CCC(F)(F)CC5)(C3)C4)c([C@@H](O)C3CC3)n2)cc1C(F)(F)F. The molecule has 2 aromatic rings. The normalized spacial score (nSPS) is 31.6. The summed E-state index contributed by atoms with van der Waals surface area (Å²) in [6.07, 6.45) is 1.33. The van der Waals surface area contributed by atoms with Gasteiger partial charge in [0.2, 0.25) is 0 Å². The second kappa shape index (κ2) is 6.90. The standard InChI is InChI=1S/C23H26F5N5O/c24-22(25)3-5-32(6-4-22)20-10-21(11-20,12-20)33-9-16(31-19(33)17(34)13-1-2-13)14-7-15(23(26,27)28)18(29)30-8-14/h7-9,13,17,34H,1-6,10-12H2,(H2,29,30)/t17-,20?,21?/m0/s1. The number of pyridine rings is 1. The monoisotopic (exact) mass is 483 g/mol. The third-order valence-corrected chi connectivity index (χ3v) is 8.24. The zero-order valence-electron chi connectivity index (χ0n) is 18.5. The van der Waals surface area contributed by atoms with Crippen LogP contribution in [0, 0.1) is 5.92 Å². The van der Waals surface area contributed by atoms with Gasteiger partial charge in [-0.3, -0.25) is 4.90 Å². The van der Waals surface area contributed by atoms with Crippen LogP contribution in [0.2, 0.25) is 0 Å². The van der Waals surface area contributed by atoms with Crippen molar-refractivity contribution in [1.29, 1.82) is 0 Å².